The highest BCUT2D eigenvalue weighted by molar-refractivity contribution is 6.36. The van der Waals surface area contributed by atoms with Crippen molar-refractivity contribution >= 4 is 29.1 Å². The molecule has 0 heterocycles. The van der Waals surface area contributed by atoms with Crippen LogP contribution in [0.2, 0.25) is 10.0 Å². The minimum absolute atomic E-state index is 0.0105. The maximum absolute atomic E-state index is 10.7. The van der Waals surface area contributed by atoms with E-state index in [2.05, 4.69) is 0 Å². The molecule has 0 bridgehead atoms. The smallest absolute Gasteiger partial charge is 0.252 e. The second kappa shape index (κ2) is 3.21. The summed E-state index contributed by atoms with van der Waals surface area (Å²) in [6, 6.07) is 2.58. The van der Waals surface area contributed by atoms with Crippen LogP contribution in [0, 0.1) is 0 Å². The van der Waals surface area contributed by atoms with Crippen LogP contribution in [0.3, 0.4) is 0 Å². The summed E-state index contributed by atoms with van der Waals surface area (Å²) < 4.78 is 0. The maximum Gasteiger partial charge on any atom is 0.252 e. The van der Waals surface area contributed by atoms with Crippen LogP contribution in [0.15, 0.2) is 12.1 Å². The summed E-state index contributed by atoms with van der Waals surface area (Å²) >= 11 is 11.1. The normalized spacial score (nSPS) is 9.83. The van der Waals surface area contributed by atoms with Gasteiger partial charge in [-0.05, 0) is 12.1 Å². The van der Waals surface area contributed by atoms with Gasteiger partial charge in [-0.2, -0.15) is 0 Å². The van der Waals surface area contributed by atoms with Crippen molar-refractivity contribution in [1.82, 2.24) is 0 Å². The molecule has 0 aliphatic heterocycles. The van der Waals surface area contributed by atoms with Gasteiger partial charge in [-0.1, -0.05) is 23.2 Å². The highest BCUT2D eigenvalue weighted by Crippen LogP contribution is 2.30. The third-order valence-corrected chi connectivity index (χ3v) is 1.80. The number of hydrogen-bond donors (Lipinski definition) is 2. The van der Waals surface area contributed by atoms with Gasteiger partial charge in [-0.25, -0.2) is 0 Å². The van der Waals surface area contributed by atoms with Gasteiger partial charge in [0.05, 0.1) is 10.6 Å². The number of phenols is 1. The van der Waals surface area contributed by atoms with Crippen LogP contribution in [0.5, 0.6) is 5.75 Å². The summed E-state index contributed by atoms with van der Waals surface area (Å²) in [6.07, 6.45) is 0. The first kappa shape index (κ1) is 9.16. The molecule has 1 aromatic rings. The quantitative estimate of drug-likeness (QED) is 0.735. The number of carbonyl (C=O) groups excluding carboxylic acids is 1. The van der Waals surface area contributed by atoms with Gasteiger partial charge in [-0.3, -0.25) is 4.79 Å². The number of amides is 1. The molecule has 0 saturated carbocycles. The molecule has 12 heavy (non-hydrogen) atoms. The average Bonchev–Trinajstić information content (AvgIpc) is 1.96. The van der Waals surface area contributed by atoms with E-state index in [1.165, 1.54) is 12.1 Å². The first-order chi connectivity index (χ1) is 5.52. The Morgan fingerprint density at radius 2 is 2.00 bits per heavy atom. The molecule has 0 spiro atoms. The standard InChI is InChI=1S/C7H5Cl2NO2/c8-3-1-4(7(10)12)6(11)5(9)2-3/h1-2,11H,(H2,10,12). The molecular weight excluding hydrogens is 201 g/mol. The van der Waals surface area contributed by atoms with Crippen LogP contribution < -0.4 is 5.73 Å². The SMILES string of the molecule is NC(=O)c1cc(Cl)cc(Cl)c1O. The molecule has 0 aromatic heterocycles. The molecule has 1 aromatic carbocycles. The Hall–Kier alpha value is -0.930. The summed E-state index contributed by atoms with van der Waals surface area (Å²) in [5.74, 6) is -1.11. The van der Waals surface area contributed by atoms with Gasteiger partial charge < -0.3 is 10.8 Å². The van der Waals surface area contributed by atoms with E-state index in [-0.39, 0.29) is 21.4 Å². The maximum atomic E-state index is 10.7. The van der Waals surface area contributed by atoms with Crippen molar-refractivity contribution in [2.24, 2.45) is 5.73 Å². The van der Waals surface area contributed by atoms with E-state index in [1.54, 1.807) is 0 Å². The van der Waals surface area contributed by atoms with E-state index in [1.807, 2.05) is 0 Å². The van der Waals surface area contributed by atoms with Crippen LogP contribution >= 0.6 is 23.2 Å². The fourth-order valence-corrected chi connectivity index (χ4v) is 1.25. The van der Waals surface area contributed by atoms with E-state index in [0.29, 0.717) is 0 Å². The average molecular weight is 206 g/mol. The van der Waals surface area contributed by atoms with Gasteiger partial charge in [0.2, 0.25) is 0 Å². The molecule has 5 heteroatoms. The molecule has 0 atom stereocenters. The van der Waals surface area contributed by atoms with Gasteiger partial charge in [0.25, 0.3) is 5.91 Å². The molecule has 0 saturated heterocycles. The zero-order valence-corrected chi connectivity index (χ0v) is 7.36. The predicted octanol–water partition coefficient (Wildman–Crippen LogP) is 1.80. The predicted molar refractivity (Wildman–Crippen MR) is 46.6 cm³/mol. The lowest BCUT2D eigenvalue weighted by molar-refractivity contribution is 0.0998. The third-order valence-electron chi connectivity index (χ3n) is 1.29. The van der Waals surface area contributed by atoms with Crippen molar-refractivity contribution in [1.29, 1.82) is 0 Å². The van der Waals surface area contributed by atoms with E-state index < -0.39 is 5.91 Å². The lowest BCUT2D eigenvalue weighted by Crippen LogP contribution is -2.11. The zero-order valence-electron chi connectivity index (χ0n) is 5.84. The Bertz CT molecular complexity index is 338. The van der Waals surface area contributed by atoms with Crippen molar-refractivity contribution in [2.45, 2.75) is 0 Å². The van der Waals surface area contributed by atoms with Crippen molar-refractivity contribution in [2.75, 3.05) is 0 Å². The Balaban J connectivity index is 3.37. The number of nitrogens with two attached hydrogens (primary N) is 1. The van der Waals surface area contributed by atoms with Gasteiger partial charge in [-0.15, -0.1) is 0 Å². The molecule has 3 nitrogen and oxygen atoms in total. The number of halogens is 2. The first-order valence-corrected chi connectivity index (χ1v) is 3.76. The molecular formula is C7H5Cl2NO2. The Morgan fingerprint density at radius 1 is 1.42 bits per heavy atom. The monoisotopic (exact) mass is 205 g/mol. The van der Waals surface area contributed by atoms with Crippen LogP contribution in [-0.2, 0) is 0 Å². The van der Waals surface area contributed by atoms with E-state index in [4.69, 9.17) is 28.9 Å². The summed E-state index contributed by atoms with van der Waals surface area (Å²) in [5, 5.41) is 9.47. The molecule has 0 aliphatic rings. The van der Waals surface area contributed by atoms with Crippen LogP contribution in [0.4, 0.5) is 0 Å². The molecule has 0 fully saturated rings. The van der Waals surface area contributed by atoms with Crippen LogP contribution in [0.1, 0.15) is 10.4 Å². The van der Waals surface area contributed by atoms with Gasteiger partial charge >= 0.3 is 0 Å². The van der Waals surface area contributed by atoms with Crippen LogP contribution in [0.25, 0.3) is 0 Å². The molecule has 1 rings (SSSR count). The molecule has 0 radical (unpaired) electrons. The fraction of sp³-hybridized carbons (Fsp3) is 0. The summed E-state index contributed by atoms with van der Waals surface area (Å²) in [4.78, 5) is 10.7. The first-order valence-electron chi connectivity index (χ1n) is 3.00. The number of aromatic hydroxyl groups is 1. The number of primary amides is 1. The lowest BCUT2D eigenvalue weighted by Gasteiger charge is -2.02. The van der Waals surface area contributed by atoms with Gasteiger partial charge in [0.1, 0.15) is 5.75 Å². The number of hydrogen-bond acceptors (Lipinski definition) is 2. The van der Waals surface area contributed by atoms with Crippen molar-refractivity contribution in [3.8, 4) is 5.75 Å². The van der Waals surface area contributed by atoms with E-state index in [0.717, 1.165) is 0 Å². The lowest BCUT2D eigenvalue weighted by atomic mass is 10.2. The van der Waals surface area contributed by atoms with E-state index in [9.17, 15) is 9.90 Å². The highest BCUT2D eigenvalue weighted by atomic mass is 35.5. The topological polar surface area (TPSA) is 63.3 Å². The highest BCUT2D eigenvalue weighted by Gasteiger charge is 2.11. The van der Waals surface area contributed by atoms with Crippen LogP contribution in [-0.4, -0.2) is 11.0 Å². The van der Waals surface area contributed by atoms with Gasteiger partial charge in [0, 0.05) is 5.02 Å². The van der Waals surface area contributed by atoms with Crippen molar-refractivity contribution in [3.05, 3.63) is 27.7 Å². The number of carbonyl (C=O) groups is 1. The minimum atomic E-state index is -0.767. The summed E-state index contributed by atoms with van der Waals surface area (Å²) in [5.41, 5.74) is 4.86. The second-order valence-corrected chi connectivity index (χ2v) is 2.99. The summed E-state index contributed by atoms with van der Waals surface area (Å²) in [7, 11) is 0. The molecule has 3 N–H and O–H groups in total. The van der Waals surface area contributed by atoms with Crippen molar-refractivity contribution in [3.63, 3.8) is 0 Å². The number of benzene rings is 1. The molecule has 64 valence electrons. The Kier molecular flexibility index (Phi) is 2.45. The second-order valence-electron chi connectivity index (χ2n) is 2.15. The van der Waals surface area contributed by atoms with E-state index >= 15 is 0 Å². The molecule has 1 amide bonds. The molecule has 0 unspecified atom stereocenters. The zero-order chi connectivity index (χ0) is 9.30. The number of rotatable bonds is 1. The minimum Gasteiger partial charge on any atom is -0.506 e. The Labute approximate surface area is 78.7 Å². The van der Waals surface area contributed by atoms with Crippen molar-refractivity contribution < 1.29 is 9.90 Å². The Morgan fingerprint density at radius 3 is 2.50 bits per heavy atom. The van der Waals surface area contributed by atoms with Gasteiger partial charge in [0.15, 0.2) is 0 Å². The third kappa shape index (κ3) is 1.62. The largest absolute Gasteiger partial charge is 0.506 e. The fourth-order valence-electron chi connectivity index (χ4n) is 0.754. The molecule has 0 aliphatic carbocycles. The summed E-state index contributed by atoms with van der Waals surface area (Å²) in [6.45, 7) is 0.